The van der Waals surface area contributed by atoms with Crippen LogP contribution in [0.3, 0.4) is 0 Å². The average molecular weight is 324 g/mol. The van der Waals surface area contributed by atoms with Crippen LogP contribution < -0.4 is 5.73 Å². The Bertz CT molecular complexity index is 684. The molecular formula is C15H18ClN3O3. The van der Waals surface area contributed by atoms with Crippen molar-refractivity contribution in [3.63, 3.8) is 0 Å². The van der Waals surface area contributed by atoms with Gasteiger partial charge in [0.25, 0.3) is 0 Å². The van der Waals surface area contributed by atoms with E-state index < -0.39 is 6.10 Å². The van der Waals surface area contributed by atoms with Gasteiger partial charge in [0.15, 0.2) is 6.10 Å². The molecule has 0 aliphatic rings. The molecule has 118 valence electrons. The molecule has 0 spiro atoms. The molecule has 22 heavy (non-hydrogen) atoms. The van der Waals surface area contributed by atoms with E-state index in [9.17, 15) is 9.59 Å². The number of nitrogens with zero attached hydrogens (tertiary/aromatic N) is 1. The van der Waals surface area contributed by atoms with E-state index in [0.29, 0.717) is 23.7 Å². The van der Waals surface area contributed by atoms with Gasteiger partial charge in [0.05, 0.1) is 11.0 Å². The topological polar surface area (TPSA) is 98.1 Å². The number of unbranched alkanes of at least 4 members (excludes halogenated alkanes) is 1. The number of aromatic amines is 1. The van der Waals surface area contributed by atoms with Crippen LogP contribution in [0.4, 0.5) is 0 Å². The highest BCUT2D eigenvalue weighted by Gasteiger charge is 2.15. The van der Waals surface area contributed by atoms with Crippen LogP contribution in [-0.2, 0) is 14.3 Å². The first-order valence-electron chi connectivity index (χ1n) is 7.08. The summed E-state index contributed by atoms with van der Waals surface area (Å²) in [6.07, 6.45) is 1.22. The zero-order valence-electron chi connectivity index (χ0n) is 12.3. The number of carbonyl (C=O) groups is 2. The van der Waals surface area contributed by atoms with Gasteiger partial charge in [0, 0.05) is 17.9 Å². The number of fused-ring (bicyclic) bond motifs is 1. The van der Waals surface area contributed by atoms with E-state index in [-0.39, 0.29) is 24.7 Å². The summed E-state index contributed by atoms with van der Waals surface area (Å²) in [5, 5.41) is 0.613. The van der Waals surface area contributed by atoms with Crippen LogP contribution in [-0.4, -0.2) is 21.8 Å². The Morgan fingerprint density at radius 2 is 2.09 bits per heavy atom. The molecule has 1 atom stereocenters. The number of esters is 1. The second-order valence-electron chi connectivity index (χ2n) is 5.09. The van der Waals surface area contributed by atoms with Crippen LogP contribution in [0.1, 0.15) is 44.5 Å². The second kappa shape index (κ2) is 7.26. The molecule has 0 aliphatic heterocycles. The fraction of sp³-hybridized carbons (Fsp3) is 0.400. The third-order valence-corrected chi connectivity index (χ3v) is 3.44. The predicted molar refractivity (Wildman–Crippen MR) is 83.3 cm³/mol. The smallest absolute Gasteiger partial charge is 0.306 e. The SMILES string of the molecule is C[C@@H](OC(=O)CCCCC(N)=O)c1nc2ccc(Cl)cc2[nH]1. The van der Waals surface area contributed by atoms with Crippen LogP contribution >= 0.6 is 11.6 Å². The van der Waals surface area contributed by atoms with Crippen LogP contribution in [0.2, 0.25) is 5.02 Å². The van der Waals surface area contributed by atoms with Gasteiger partial charge in [-0.15, -0.1) is 0 Å². The molecular weight excluding hydrogens is 306 g/mol. The Morgan fingerprint density at radius 3 is 2.82 bits per heavy atom. The standard InChI is InChI=1S/C15H18ClN3O3/c1-9(22-14(21)5-3-2-4-13(17)20)15-18-11-7-6-10(16)8-12(11)19-15/h6-9H,2-5H2,1H3,(H2,17,20)(H,18,19)/t9-/m1/s1. The number of rotatable bonds is 7. The first-order valence-corrected chi connectivity index (χ1v) is 7.46. The first kappa shape index (κ1) is 16.3. The number of imidazole rings is 1. The maximum absolute atomic E-state index is 11.7. The summed E-state index contributed by atoms with van der Waals surface area (Å²) in [7, 11) is 0. The minimum absolute atomic E-state index is 0.254. The van der Waals surface area contributed by atoms with Crippen molar-refractivity contribution in [2.45, 2.75) is 38.7 Å². The highest BCUT2D eigenvalue weighted by Crippen LogP contribution is 2.22. The van der Waals surface area contributed by atoms with E-state index in [1.807, 2.05) is 0 Å². The maximum Gasteiger partial charge on any atom is 0.306 e. The minimum atomic E-state index is -0.477. The zero-order chi connectivity index (χ0) is 16.1. The van der Waals surface area contributed by atoms with Crippen molar-refractivity contribution in [3.05, 3.63) is 29.0 Å². The molecule has 0 fully saturated rings. The third kappa shape index (κ3) is 4.46. The number of primary amides is 1. The molecule has 0 aliphatic carbocycles. The lowest BCUT2D eigenvalue weighted by Gasteiger charge is -2.10. The number of aromatic nitrogens is 2. The van der Waals surface area contributed by atoms with Crippen molar-refractivity contribution in [2.75, 3.05) is 0 Å². The molecule has 3 N–H and O–H groups in total. The Balaban J connectivity index is 1.88. The molecule has 6 nitrogen and oxygen atoms in total. The van der Waals surface area contributed by atoms with Crippen molar-refractivity contribution in [1.29, 1.82) is 0 Å². The molecule has 0 unspecified atom stereocenters. The number of nitrogens with one attached hydrogen (secondary N) is 1. The Labute approximate surface area is 133 Å². The maximum atomic E-state index is 11.7. The van der Waals surface area contributed by atoms with Gasteiger partial charge in [-0.1, -0.05) is 11.6 Å². The van der Waals surface area contributed by atoms with Crippen LogP contribution in [0.5, 0.6) is 0 Å². The van der Waals surface area contributed by atoms with Gasteiger partial charge in [-0.3, -0.25) is 9.59 Å². The summed E-state index contributed by atoms with van der Waals surface area (Å²) in [6, 6.07) is 5.33. The molecule has 1 aromatic heterocycles. The largest absolute Gasteiger partial charge is 0.454 e. The van der Waals surface area contributed by atoms with E-state index >= 15 is 0 Å². The zero-order valence-corrected chi connectivity index (χ0v) is 13.0. The van der Waals surface area contributed by atoms with Crippen LogP contribution in [0, 0.1) is 0 Å². The Hall–Kier alpha value is -2.08. The van der Waals surface area contributed by atoms with E-state index in [0.717, 1.165) is 11.0 Å². The number of hydrogen-bond donors (Lipinski definition) is 2. The fourth-order valence-corrected chi connectivity index (χ4v) is 2.25. The molecule has 0 saturated carbocycles. The number of amides is 1. The number of hydrogen-bond acceptors (Lipinski definition) is 4. The summed E-state index contributed by atoms with van der Waals surface area (Å²) in [6.45, 7) is 1.75. The van der Waals surface area contributed by atoms with E-state index in [2.05, 4.69) is 9.97 Å². The van der Waals surface area contributed by atoms with Gasteiger partial charge in [-0.05, 0) is 38.0 Å². The van der Waals surface area contributed by atoms with Gasteiger partial charge in [-0.25, -0.2) is 4.98 Å². The van der Waals surface area contributed by atoms with Crippen molar-refractivity contribution in [1.82, 2.24) is 9.97 Å². The summed E-state index contributed by atoms with van der Waals surface area (Å²) < 4.78 is 5.32. The highest BCUT2D eigenvalue weighted by atomic mass is 35.5. The van der Waals surface area contributed by atoms with Crippen LogP contribution in [0.25, 0.3) is 11.0 Å². The molecule has 1 heterocycles. The monoisotopic (exact) mass is 323 g/mol. The Kier molecular flexibility index (Phi) is 5.38. The molecule has 1 amide bonds. The average Bonchev–Trinajstić information content (AvgIpc) is 2.86. The van der Waals surface area contributed by atoms with Gasteiger partial charge in [0.2, 0.25) is 5.91 Å². The molecule has 0 bridgehead atoms. The predicted octanol–water partition coefficient (Wildman–Crippen LogP) is 2.87. The molecule has 0 radical (unpaired) electrons. The quantitative estimate of drug-likeness (QED) is 0.604. The number of ether oxygens (including phenoxy) is 1. The summed E-state index contributed by atoms with van der Waals surface area (Å²) >= 11 is 5.92. The third-order valence-electron chi connectivity index (χ3n) is 3.21. The van der Waals surface area contributed by atoms with Crippen molar-refractivity contribution < 1.29 is 14.3 Å². The normalized spacial score (nSPS) is 12.3. The summed E-state index contributed by atoms with van der Waals surface area (Å²) in [5.41, 5.74) is 6.60. The van der Waals surface area contributed by atoms with E-state index in [1.165, 1.54) is 0 Å². The number of halogens is 1. The highest BCUT2D eigenvalue weighted by molar-refractivity contribution is 6.31. The molecule has 2 rings (SSSR count). The number of H-pyrrole nitrogens is 1. The number of benzene rings is 1. The van der Waals surface area contributed by atoms with Gasteiger partial charge >= 0.3 is 5.97 Å². The van der Waals surface area contributed by atoms with E-state index in [4.69, 9.17) is 22.1 Å². The van der Waals surface area contributed by atoms with Crippen LogP contribution in [0.15, 0.2) is 18.2 Å². The summed E-state index contributed by atoms with van der Waals surface area (Å²) in [5.74, 6) is -0.110. The van der Waals surface area contributed by atoms with Crippen molar-refractivity contribution in [3.8, 4) is 0 Å². The summed E-state index contributed by atoms with van der Waals surface area (Å²) in [4.78, 5) is 29.8. The molecule has 2 aromatic rings. The lowest BCUT2D eigenvalue weighted by Crippen LogP contribution is -2.12. The van der Waals surface area contributed by atoms with Gasteiger partial charge in [-0.2, -0.15) is 0 Å². The van der Waals surface area contributed by atoms with Gasteiger partial charge in [0.1, 0.15) is 5.82 Å². The molecule has 0 saturated heterocycles. The van der Waals surface area contributed by atoms with Crippen molar-refractivity contribution in [2.24, 2.45) is 5.73 Å². The molecule has 1 aromatic carbocycles. The molecule has 7 heteroatoms. The minimum Gasteiger partial charge on any atom is -0.454 e. The van der Waals surface area contributed by atoms with Gasteiger partial charge < -0.3 is 15.5 Å². The van der Waals surface area contributed by atoms with E-state index in [1.54, 1.807) is 25.1 Å². The lowest BCUT2D eigenvalue weighted by molar-refractivity contribution is -0.149. The first-order chi connectivity index (χ1) is 10.5. The fourth-order valence-electron chi connectivity index (χ4n) is 2.07. The van der Waals surface area contributed by atoms with Crippen molar-refractivity contribution >= 4 is 34.5 Å². The lowest BCUT2D eigenvalue weighted by atomic mass is 10.2. The Morgan fingerprint density at radius 1 is 1.36 bits per heavy atom. The second-order valence-corrected chi connectivity index (χ2v) is 5.53. The number of nitrogens with two attached hydrogens (primary N) is 1. The number of carbonyl (C=O) groups excluding carboxylic acids is 2.